The second-order valence-electron chi connectivity index (χ2n) is 7.42. The predicted octanol–water partition coefficient (Wildman–Crippen LogP) is 2.62. The molecule has 1 atom stereocenters. The molecular weight excluding hydrogens is 398 g/mol. The van der Waals surface area contributed by atoms with Gasteiger partial charge in [0.05, 0.1) is 11.1 Å². The van der Waals surface area contributed by atoms with Crippen LogP contribution in [-0.2, 0) is 4.79 Å². The van der Waals surface area contributed by atoms with Crippen LogP contribution in [0, 0.1) is 11.3 Å². The SMILES string of the molecule is CCCCN1c2cc(Br)cnc2N=C(NNC(=O)C2(C3CC3)CC2)C1O. The number of hydrogen-bond donors (Lipinski definition) is 3. The van der Waals surface area contributed by atoms with Crippen molar-refractivity contribution in [2.24, 2.45) is 16.3 Å². The highest BCUT2D eigenvalue weighted by molar-refractivity contribution is 9.10. The summed E-state index contributed by atoms with van der Waals surface area (Å²) < 4.78 is 0.838. The van der Waals surface area contributed by atoms with Gasteiger partial charge in [0.2, 0.25) is 5.91 Å². The first kappa shape index (κ1) is 17.7. The van der Waals surface area contributed by atoms with E-state index in [4.69, 9.17) is 0 Å². The van der Waals surface area contributed by atoms with Gasteiger partial charge in [-0.05, 0) is 60.0 Å². The van der Waals surface area contributed by atoms with E-state index >= 15 is 0 Å². The summed E-state index contributed by atoms with van der Waals surface area (Å²) in [5.74, 6) is 1.39. The molecule has 1 unspecified atom stereocenters. The highest BCUT2D eigenvalue weighted by atomic mass is 79.9. The molecule has 3 aliphatic rings. The van der Waals surface area contributed by atoms with Gasteiger partial charge < -0.3 is 10.0 Å². The van der Waals surface area contributed by atoms with Crippen molar-refractivity contribution >= 4 is 39.2 Å². The first-order chi connectivity index (χ1) is 12.5. The summed E-state index contributed by atoms with van der Waals surface area (Å²) in [6, 6.07) is 1.91. The molecule has 0 radical (unpaired) electrons. The highest BCUT2D eigenvalue weighted by Crippen LogP contribution is 2.61. The van der Waals surface area contributed by atoms with Crippen molar-refractivity contribution in [1.29, 1.82) is 0 Å². The smallest absolute Gasteiger partial charge is 0.244 e. The Bertz CT molecular complexity index is 745. The van der Waals surface area contributed by atoms with Crippen LogP contribution in [0.2, 0.25) is 0 Å². The number of halogens is 1. The Morgan fingerprint density at radius 1 is 1.46 bits per heavy atom. The van der Waals surface area contributed by atoms with Gasteiger partial charge in [-0.1, -0.05) is 13.3 Å². The van der Waals surface area contributed by atoms with Gasteiger partial charge in [0.15, 0.2) is 17.9 Å². The molecule has 26 heavy (non-hydrogen) atoms. The van der Waals surface area contributed by atoms with Gasteiger partial charge in [-0.15, -0.1) is 0 Å². The Morgan fingerprint density at radius 3 is 2.88 bits per heavy atom. The summed E-state index contributed by atoms with van der Waals surface area (Å²) >= 11 is 3.43. The number of nitrogens with one attached hydrogen (secondary N) is 2. The van der Waals surface area contributed by atoms with Gasteiger partial charge in [0.1, 0.15) is 0 Å². The number of amidine groups is 1. The molecule has 0 saturated heterocycles. The number of fused-ring (bicyclic) bond motifs is 1. The number of aliphatic imine (C=N–C) groups is 1. The fourth-order valence-corrected chi connectivity index (χ4v) is 3.99. The van der Waals surface area contributed by atoms with Crippen molar-refractivity contribution in [1.82, 2.24) is 15.8 Å². The van der Waals surface area contributed by atoms with Crippen LogP contribution in [0.3, 0.4) is 0 Å². The van der Waals surface area contributed by atoms with E-state index in [1.165, 1.54) is 0 Å². The van der Waals surface area contributed by atoms with Crippen LogP contribution in [0.5, 0.6) is 0 Å². The van der Waals surface area contributed by atoms with Gasteiger partial charge >= 0.3 is 0 Å². The lowest BCUT2D eigenvalue weighted by molar-refractivity contribution is -0.127. The minimum Gasteiger partial charge on any atom is -0.367 e. The zero-order chi connectivity index (χ0) is 18.3. The van der Waals surface area contributed by atoms with Crippen molar-refractivity contribution in [3.8, 4) is 0 Å². The topological polar surface area (TPSA) is 89.9 Å². The maximum atomic E-state index is 12.6. The van der Waals surface area contributed by atoms with Gasteiger partial charge in [0.25, 0.3) is 0 Å². The third kappa shape index (κ3) is 3.20. The highest BCUT2D eigenvalue weighted by Gasteiger charge is 2.59. The number of carbonyl (C=O) groups is 1. The third-order valence-electron chi connectivity index (χ3n) is 5.55. The zero-order valence-corrected chi connectivity index (χ0v) is 16.4. The first-order valence-corrected chi connectivity index (χ1v) is 10.1. The van der Waals surface area contributed by atoms with E-state index in [-0.39, 0.29) is 11.3 Å². The van der Waals surface area contributed by atoms with E-state index in [9.17, 15) is 9.90 Å². The third-order valence-corrected chi connectivity index (χ3v) is 5.98. The molecule has 1 aromatic heterocycles. The van der Waals surface area contributed by atoms with Crippen LogP contribution in [-0.4, -0.2) is 34.6 Å². The number of nitrogens with zero attached hydrogens (tertiary/aromatic N) is 3. The number of amides is 1. The average molecular weight is 422 g/mol. The van der Waals surface area contributed by atoms with Crippen LogP contribution in [0.4, 0.5) is 11.5 Å². The molecule has 1 aromatic rings. The number of aliphatic hydroxyl groups is 1. The Kier molecular flexibility index (Phi) is 4.64. The number of aliphatic hydroxyl groups excluding tert-OH is 1. The summed E-state index contributed by atoms with van der Waals surface area (Å²) in [6.07, 6.45) is 6.90. The maximum Gasteiger partial charge on any atom is 0.244 e. The lowest BCUT2D eigenvalue weighted by Crippen LogP contribution is -2.55. The lowest BCUT2D eigenvalue weighted by Gasteiger charge is -2.34. The van der Waals surface area contributed by atoms with Gasteiger partial charge in [0, 0.05) is 17.2 Å². The monoisotopic (exact) mass is 421 g/mol. The molecule has 2 saturated carbocycles. The minimum atomic E-state index is -0.943. The van der Waals surface area contributed by atoms with E-state index in [0.717, 1.165) is 48.7 Å². The normalized spacial score (nSPS) is 23.1. The van der Waals surface area contributed by atoms with Crippen LogP contribution in [0.25, 0.3) is 0 Å². The largest absolute Gasteiger partial charge is 0.367 e. The first-order valence-electron chi connectivity index (χ1n) is 9.30. The number of hydrogen-bond acceptors (Lipinski definition) is 6. The Morgan fingerprint density at radius 2 is 2.23 bits per heavy atom. The zero-order valence-electron chi connectivity index (χ0n) is 14.8. The van der Waals surface area contributed by atoms with Gasteiger partial charge in [-0.25, -0.2) is 9.98 Å². The van der Waals surface area contributed by atoms with Crippen molar-refractivity contribution in [2.75, 3.05) is 11.4 Å². The number of aromatic nitrogens is 1. The van der Waals surface area contributed by atoms with Gasteiger partial charge in [-0.3, -0.25) is 15.6 Å². The van der Waals surface area contributed by atoms with Crippen molar-refractivity contribution in [3.05, 3.63) is 16.7 Å². The lowest BCUT2D eigenvalue weighted by atomic mass is 10.0. The fraction of sp³-hybridized carbons (Fsp3) is 0.611. The number of anilines is 1. The fourth-order valence-electron chi connectivity index (χ4n) is 3.67. The van der Waals surface area contributed by atoms with E-state index in [2.05, 4.69) is 43.7 Å². The maximum absolute atomic E-state index is 12.6. The van der Waals surface area contributed by atoms with Crippen molar-refractivity contribution in [2.45, 2.75) is 51.7 Å². The molecule has 140 valence electrons. The molecule has 4 rings (SSSR count). The molecule has 3 N–H and O–H groups in total. The van der Waals surface area contributed by atoms with Crippen LogP contribution >= 0.6 is 15.9 Å². The molecule has 2 fully saturated rings. The summed E-state index contributed by atoms with van der Waals surface area (Å²) in [7, 11) is 0. The Balaban J connectivity index is 1.51. The number of rotatable bonds is 5. The summed E-state index contributed by atoms with van der Waals surface area (Å²) in [6.45, 7) is 2.79. The van der Waals surface area contributed by atoms with Gasteiger partial charge in [-0.2, -0.15) is 0 Å². The Hall–Kier alpha value is -1.67. The van der Waals surface area contributed by atoms with E-state index in [1.807, 2.05) is 11.0 Å². The number of pyridine rings is 1. The molecule has 0 aromatic carbocycles. The predicted molar refractivity (Wildman–Crippen MR) is 103 cm³/mol. The molecule has 2 aliphatic carbocycles. The summed E-state index contributed by atoms with van der Waals surface area (Å²) in [5.41, 5.74) is 6.25. The van der Waals surface area contributed by atoms with E-state index in [0.29, 0.717) is 24.1 Å². The molecule has 0 spiro atoms. The summed E-state index contributed by atoms with van der Waals surface area (Å²) in [5, 5.41) is 10.8. The van der Waals surface area contributed by atoms with Crippen LogP contribution < -0.4 is 15.8 Å². The molecular formula is C18H24BrN5O2. The summed E-state index contributed by atoms with van der Waals surface area (Å²) in [4.78, 5) is 23.2. The number of carbonyl (C=O) groups excluding carboxylic acids is 1. The standard InChI is InChI=1S/C18H24BrN5O2/c1-2-3-8-24-13-9-12(19)10-20-14(13)21-15(16(24)25)22-23-17(26)18(6-7-18)11-4-5-11/h9-11,16,25H,2-8H2,1H3,(H,23,26)(H,20,21,22). The average Bonchev–Trinajstić information content (AvgIpc) is 3.51. The Labute approximate surface area is 161 Å². The van der Waals surface area contributed by atoms with Crippen LogP contribution in [0.15, 0.2) is 21.7 Å². The quantitative estimate of drug-likeness (QED) is 0.635. The van der Waals surface area contributed by atoms with E-state index in [1.54, 1.807) is 6.20 Å². The van der Waals surface area contributed by atoms with Crippen molar-refractivity contribution < 1.29 is 9.90 Å². The van der Waals surface area contributed by atoms with Crippen molar-refractivity contribution in [3.63, 3.8) is 0 Å². The molecule has 7 nitrogen and oxygen atoms in total. The molecule has 1 aliphatic heterocycles. The van der Waals surface area contributed by atoms with Crippen LogP contribution in [0.1, 0.15) is 45.4 Å². The molecule has 1 amide bonds. The molecule has 0 bridgehead atoms. The second kappa shape index (κ2) is 6.81. The number of hydrazine groups is 1. The van der Waals surface area contributed by atoms with E-state index < -0.39 is 6.23 Å². The molecule has 8 heteroatoms. The molecule has 2 heterocycles. The number of unbranched alkanes of at least 4 members (excludes halogenated alkanes) is 1. The minimum absolute atomic E-state index is 0.0181. The second-order valence-corrected chi connectivity index (χ2v) is 8.34.